The highest BCUT2D eigenvalue weighted by Gasteiger charge is 2.49. The van der Waals surface area contributed by atoms with Crippen LogP contribution in [0, 0.1) is 0 Å². The first-order valence-electron chi connectivity index (χ1n) is 13.1. The fraction of sp³-hybridized carbons (Fsp3) is 0.0278. The fourth-order valence-corrected chi connectivity index (χ4v) is 9.12. The minimum absolute atomic E-state index is 0.150. The zero-order valence-corrected chi connectivity index (χ0v) is 22.7. The van der Waals surface area contributed by atoms with Crippen LogP contribution in [0.5, 0.6) is 0 Å². The summed E-state index contributed by atoms with van der Waals surface area (Å²) in [5, 5.41) is 0. The van der Waals surface area contributed by atoms with E-state index in [1.807, 2.05) is 23.5 Å². The van der Waals surface area contributed by atoms with E-state index in [0.29, 0.717) is 0 Å². The van der Waals surface area contributed by atoms with Crippen LogP contribution in [0.15, 0.2) is 149 Å². The van der Waals surface area contributed by atoms with Crippen LogP contribution in [0.3, 0.4) is 0 Å². The smallest absolute Gasteiger partial charge is 0.122 e. The Labute approximate surface area is 237 Å². The largest absolute Gasteiger partial charge is 0.248 e. The summed E-state index contributed by atoms with van der Waals surface area (Å²) in [4.78, 5) is 7.91. The number of rotatable bonds is 3. The Morgan fingerprint density at radius 3 is 1.69 bits per heavy atom. The molecule has 2 aliphatic rings. The van der Waals surface area contributed by atoms with Crippen molar-refractivity contribution in [3.8, 4) is 44.8 Å². The van der Waals surface area contributed by atoms with Gasteiger partial charge in [0.05, 0.1) is 11.4 Å². The molecular formula is C36H23NS2. The number of benzene rings is 5. The van der Waals surface area contributed by atoms with Crippen LogP contribution in [0.25, 0.3) is 44.8 Å². The first-order valence-corrected chi connectivity index (χ1v) is 14.8. The highest BCUT2D eigenvalue weighted by atomic mass is 32.2. The molecule has 1 aliphatic heterocycles. The number of nitrogens with zero attached hydrogens (tertiary/aromatic N) is 1. The van der Waals surface area contributed by atoms with Gasteiger partial charge in [-0.05, 0) is 63.7 Å². The van der Waals surface area contributed by atoms with Crippen molar-refractivity contribution in [2.45, 2.75) is 13.9 Å². The van der Waals surface area contributed by atoms with E-state index >= 15 is 0 Å². The standard InChI is InChI=1S/C36H23NS2/c1-3-11-24(12-4-1)27-22-32(25-13-5-2-6-14-25)37-33(23-27)26-19-20-31-29(21-26)28-15-7-8-16-30(28)36(31)38-34-17-9-10-18-35(34)39-36/h1-23H. The molecular weight excluding hydrogens is 511 g/mol. The summed E-state index contributed by atoms with van der Waals surface area (Å²) in [5.41, 5.74) is 12.0. The predicted molar refractivity (Wildman–Crippen MR) is 165 cm³/mol. The third-order valence-electron chi connectivity index (χ3n) is 7.60. The van der Waals surface area contributed by atoms with Crippen molar-refractivity contribution in [1.29, 1.82) is 0 Å². The number of aromatic nitrogens is 1. The third kappa shape index (κ3) is 3.69. The molecule has 0 radical (unpaired) electrons. The van der Waals surface area contributed by atoms with Gasteiger partial charge in [-0.15, -0.1) is 0 Å². The van der Waals surface area contributed by atoms with E-state index in [9.17, 15) is 0 Å². The van der Waals surface area contributed by atoms with E-state index in [1.54, 1.807) is 0 Å². The molecule has 0 saturated carbocycles. The van der Waals surface area contributed by atoms with E-state index in [2.05, 4.69) is 140 Å². The van der Waals surface area contributed by atoms with Gasteiger partial charge >= 0.3 is 0 Å². The molecule has 0 amide bonds. The molecule has 8 rings (SSSR count). The Morgan fingerprint density at radius 2 is 0.974 bits per heavy atom. The van der Waals surface area contributed by atoms with Crippen LogP contribution >= 0.6 is 23.5 Å². The predicted octanol–water partition coefficient (Wildman–Crippen LogP) is 10.2. The number of fused-ring (bicyclic) bond motifs is 6. The van der Waals surface area contributed by atoms with Crippen LogP contribution in [-0.2, 0) is 4.08 Å². The van der Waals surface area contributed by atoms with Crippen LogP contribution in [0.2, 0.25) is 0 Å². The molecule has 0 saturated heterocycles. The molecule has 5 aromatic carbocycles. The Bertz CT molecular complexity index is 1780. The molecule has 1 aromatic heterocycles. The summed E-state index contributed by atoms with van der Waals surface area (Å²) in [6.07, 6.45) is 0. The van der Waals surface area contributed by atoms with Crippen molar-refractivity contribution < 1.29 is 0 Å². The first kappa shape index (κ1) is 22.9. The van der Waals surface area contributed by atoms with Gasteiger partial charge < -0.3 is 0 Å². The van der Waals surface area contributed by atoms with Crippen molar-refractivity contribution in [2.75, 3.05) is 0 Å². The quantitative estimate of drug-likeness (QED) is 0.225. The molecule has 39 heavy (non-hydrogen) atoms. The summed E-state index contributed by atoms with van der Waals surface area (Å²) in [6, 6.07) is 50.2. The van der Waals surface area contributed by atoms with Gasteiger partial charge in [-0.1, -0.05) is 133 Å². The van der Waals surface area contributed by atoms with E-state index < -0.39 is 0 Å². The van der Waals surface area contributed by atoms with E-state index in [0.717, 1.165) is 22.5 Å². The van der Waals surface area contributed by atoms with E-state index in [1.165, 1.54) is 43.2 Å². The lowest BCUT2D eigenvalue weighted by molar-refractivity contribution is 1.14. The lowest BCUT2D eigenvalue weighted by atomic mass is 9.97. The highest BCUT2D eigenvalue weighted by Crippen LogP contribution is 2.69. The van der Waals surface area contributed by atoms with Gasteiger partial charge in [-0.3, -0.25) is 0 Å². The molecule has 0 unspecified atom stereocenters. The maximum Gasteiger partial charge on any atom is 0.122 e. The van der Waals surface area contributed by atoms with Crippen molar-refractivity contribution in [3.63, 3.8) is 0 Å². The van der Waals surface area contributed by atoms with E-state index in [4.69, 9.17) is 4.98 Å². The zero-order chi connectivity index (χ0) is 25.8. The number of hydrogen-bond donors (Lipinski definition) is 0. The lowest BCUT2D eigenvalue weighted by Gasteiger charge is -2.24. The van der Waals surface area contributed by atoms with Gasteiger partial charge in [-0.2, -0.15) is 0 Å². The fourth-order valence-electron chi connectivity index (χ4n) is 5.77. The van der Waals surface area contributed by atoms with Crippen molar-refractivity contribution in [3.05, 3.63) is 151 Å². The Kier molecular flexibility index (Phi) is 5.29. The van der Waals surface area contributed by atoms with Crippen molar-refractivity contribution >= 4 is 23.5 Å². The van der Waals surface area contributed by atoms with Crippen molar-refractivity contribution in [1.82, 2.24) is 4.98 Å². The minimum Gasteiger partial charge on any atom is -0.248 e. The maximum atomic E-state index is 5.19. The van der Waals surface area contributed by atoms with Crippen molar-refractivity contribution in [2.24, 2.45) is 0 Å². The van der Waals surface area contributed by atoms with E-state index in [-0.39, 0.29) is 4.08 Å². The van der Waals surface area contributed by atoms with Crippen LogP contribution < -0.4 is 0 Å². The van der Waals surface area contributed by atoms with Gasteiger partial charge in [0.1, 0.15) is 4.08 Å². The van der Waals surface area contributed by atoms with Gasteiger partial charge in [-0.25, -0.2) is 4.98 Å². The second-order valence-corrected chi connectivity index (χ2v) is 12.7. The maximum absolute atomic E-state index is 5.19. The molecule has 1 aliphatic carbocycles. The molecule has 0 fully saturated rings. The summed E-state index contributed by atoms with van der Waals surface area (Å²) >= 11 is 3.96. The average Bonchev–Trinajstić information content (AvgIpc) is 3.53. The SMILES string of the molecule is c1ccc(-c2cc(-c3ccccc3)nc(-c3ccc4c(c3)-c3ccccc3C43Sc4ccccc4S3)c2)cc1. The normalized spacial score (nSPS) is 14.2. The monoisotopic (exact) mass is 533 g/mol. The second-order valence-electron chi connectivity index (χ2n) is 9.93. The average molecular weight is 534 g/mol. The highest BCUT2D eigenvalue weighted by molar-refractivity contribution is 8.20. The Balaban J connectivity index is 1.31. The van der Waals surface area contributed by atoms with Gasteiger partial charge in [0.2, 0.25) is 0 Å². The van der Waals surface area contributed by atoms with Gasteiger partial charge in [0, 0.05) is 20.9 Å². The zero-order valence-electron chi connectivity index (χ0n) is 21.0. The summed E-state index contributed by atoms with van der Waals surface area (Å²) in [6.45, 7) is 0. The molecule has 0 N–H and O–H groups in total. The molecule has 1 spiro atoms. The topological polar surface area (TPSA) is 12.9 Å². The molecule has 1 nitrogen and oxygen atoms in total. The number of pyridine rings is 1. The lowest BCUT2D eigenvalue weighted by Crippen LogP contribution is -2.12. The molecule has 0 bridgehead atoms. The number of thioether (sulfide) groups is 2. The minimum atomic E-state index is -0.150. The molecule has 0 atom stereocenters. The van der Waals surface area contributed by atoms with Gasteiger partial charge in [0.25, 0.3) is 0 Å². The molecule has 3 heteroatoms. The summed E-state index contributed by atoms with van der Waals surface area (Å²) in [5.74, 6) is 0. The molecule has 6 aromatic rings. The third-order valence-corrected chi connectivity index (χ3v) is 10.8. The Morgan fingerprint density at radius 1 is 0.410 bits per heavy atom. The molecule has 2 heterocycles. The molecule has 184 valence electrons. The summed E-state index contributed by atoms with van der Waals surface area (Å²) in [7, 11) is 0. The second kappa shape index (κ2) is 9.01. The van der Waals surface area contributed by atoms with Crippen LogP contribution in [-0.4, -0.2) is 4.98 Å². The van der Waals surface area contributed by atoms with Crippen LogP contribution in [0.4, 0.5) is 0 Å². The number of hydrogen-bond acceptors (Lipinski definition) is 3. The Hall–Kier alpha value is -4.05. The van der Waals surface area contributed by atoms with Crippen LogP contribution in [0.1, 0.15) is 11.1 Å². The first-order chi connectivity index (χ1) is 19.3. The summed E-state index contributed by atoms with van der Waals surface area (Å²) < 4.78 is -0.150. The van der Waals surface area contributed by atoms with Gasteiger partial charge in [0.15, 0.2) is 0 Å².